The molecule has 0 bridgehead atoms. The maximum Gasteiger partial charge on any atom is 0.324 e. The summed E-state index contributed by atoms with van der Waals surface area (Å²) >= 11 is 0. The average Bonchev–Trinajstić information content (AvgIpc) is 3.02. The minimum atomic E-state index is -0.591. The van der Waals surface area contributed by atoms with Crippen molar-refractivity contribution in [1.29, 1.82) is 0 Å². The molecule has 1 aromatic carbocycles. The van der Waals surface area contributed by atoms with Gasteiger partial charge in [0.25, 0.3) is 5.91 Å². The minimum absolute atomic E-state index is 0.195. The summed E-state index contributed by atoms with van der Waals surface area (Å²) in [6.07, 6.45) is 1.06. The van der Waals surface area contributed by atoms with E-state index in [1.165, 1.54) is 10.5 Å². The number of carbonyl (C=O) groups excluding carboxylic acids is 2. The number of carbonyl (C=O) groups is 2. The first-order valence-corrected chi connectivity index (χ1v) is 8.52. The highest BCUT2D eigenvalue weighted by Gasteiger charge is 2.38. The van der Waals surface area contributed by atoms with Gasteiger partial charge in [-0.25, -0.2) is 14.5 Å². The Hall–Kier alpha value is -2.70. The van der Waals surface area contributed by atoms with E-state index in [0.29, 0.717) is 24.6 Å². The highest BCUT2D eigenvalue weighted by atomic mass is 16.2. The molecule has 0 unspecified atom stereocenters. The molecule has 0 saturated carbocycles. The van der Waals surface area contributed by atoms with Crippen molar-refractivity contribution in [1.82, 2.24) is 25.0 Å². The van der Waals surface area contributed by atoms with Crippen molar-refractivity contribution in [2.75, 3.05) is 6.54 Å². The Kier molecular flexibility index (Phi) is 4.57. The number of aromatic nitrogens is 3. The quantitative estimate of drug-likeness (QED) is 0.844. The molecule has 7 nitrogen and oxygen atoms in total. The number of nitrogens with zero attached hydrogens (tertiary/aromatic N) is 4. The van der Waals surface area contributed by atoms with Crippen LogP contribution in [0.25, 0.3) is 5.69 Å². The SMILES string of the molecule is CCCN1C(=O)N[C@@H](Cc2nc(C)nn2-c2ccc(C)cc2C)C1=O. The highest BCUT2D eigenvalue weighted by Crippen LogP contribution is 2.19. The number of rotatable bonds is 5. The predicted octanol–water partition coefficient (Wildman–Crippen LogP) is 2.07. The van der Waals surface area contributed by atoms with Gasteiger partial charge in [-0.2, -0.15) is 5.10 Å². The third-order valence-electron chi connectivity index (χ3n) is 4.30. The third-order valence-corrected chi connectivity index (χ3v) is 4.30. The lowest BCUT2D eigenvalue weighted by Gasteiger charge is -2.13. The number of benzene rings is 1. The Morgan fingerprint density at radius 2 is 1.96 bits per heavy atom. The first-order valence-electron chi connectivity index (χ1n) is 8.52. The summed E-state index contributed by atoms with van der Waals surface area (Å²) in [6.45, 7) is 8.26. The molecule has 25 heavy (non-hydrogen) atoms. The smallest absolute Gasteiger partial charge is 0.324 e. The topological polar surface area (TPSA) is 80.1 Å². The van der Waals surface area contributed by atoms with Gasteiger partial charge in [-0.05, 0) is 38.8 Å². The van der Waals surface area contributed by atoms with Gasteiger partial charge in [0.05, 0.1) is 5.69 Å². The molecule has 1 aliphatic rings. The molecule has 0 radical (unpaired) electrons. The van der Waals surface area contributed by atoms with Gasteiger partial charge >= 0.3 is 6.03 Å². The van der Waals surface area contributed by atoms with Gasteiger partial charge in [0.2, 0.25) is 0 Å². The standard InChI is InChI=1S/C18H23N5O2/c1-5-8-22-17(24)14(20-18(22)25)10-16-19-13(4)21-23(16)15-7-6-11(2)9-12(15)3/h6-7,9,14H,5,8,10H2,1-4H3,(H,20,25)/t14-/m0/s1. The van der Waals surface area contributed by atoms with Crippen LogP contribution in [0, 0.1) is 20.8 Å². The van der Waals surface area contributed by atoms with Crippen LogP contribution in [-0.2, 0) is 11.2 Å². The molecule has 1 fully saturated rings. The summed E-state index contributed by atoms with van der Waals surface area (Å²) < 4.78 is 1.77. The van der Waals surface area contributed by atoms with Gasteiger partial charge in [0, 0.05) is 13.0 Å². The summed E-state index contributed by atoms with van der Waals surface area (Å²) in [6, 6.07) is 5.19. The number of urea groups is 1. The lowest BCUT2D eigenvalue weighted by molar-refractivity contribution is -0.127. The van der Waals surface area contributed by atoms with Crippen LogP contribution in [0.2, 0.25) is 0 Å². The molecular weight excluding hydrogens is 318 g/mol. The van der Waals surface area contributed by atoms with Crippen LogP contribution in [0.5, 0.6) is 0 Å². The van der Waals surface area contributed by atoms with Crippen LogP contribution >= 0.6 is 0 Å². The lowest BCUT2D eigenvalue weighted by atomic mass is 10.1. The number of amides is 3. The molecule has 3 amide bonds. The van der Waals surface area contributed by atoms with Crippen molar-refractivity contribution in [3.8, 4) is 5.69 Å². The van der Waals surface area contributed by atoms with E-state index in [1.807, 2.05) is 39.8 Å². The summed E-state index contributed by atoms with van der Waals surface area (Å²) in [5, 5.41) is 7.24. The monoisotopic (exact) mass is 341 g/mol. The summed E-state index contributed by atoms with van der Waals surface area (Å²) in [5.41, 5.74) is 3.19. The number of hydrogen-bond acceptors (Lipinski definition) is 4. The number of imide groups is 1. The van der Waals surface area contributed by atoms with E-state index in [4.69, 9.17) is 0 Å². The van der Waals surface area contributed by atoms with Crippen LogP contribution < -0.4 is 5.32 Å². The Balaban J connectivity index is 1.90. The third kappa shape index (κ3) is 3.26. The maximum absolute atomic E-state index is 12.5. The molecule has 2 aromatic rings. The maximum atomic E-state index is 12.5. The molecule has 1 aromatic heterocycles. The zero-order valence-electron chi connectivity index (χ0n) is 15.0. The van der Waals surface area contributed by atoms with Crippen molar-refractivity contribution in [3.63, 3.8) is 0 Å². The highest BCUT2D eigenvalue weighted by molar-refractivity contribution is 6.04. The zero-order valence-corrected chi connectivity index (χ0v) is 15.0. The fourth-order valence-electron chi connectivity index (χ4n) is 3.16. The van der Waals surface area contributed by atoms with E-state index in [0.717, 1.165) is 17.7 Å². The van der Waals surface area contributed by atoms with Crippen LogP contribution in [0.1, 0.15) is 36.1 Å². The Bertz CT molecular complexity index is 827. The molecular formula is C18H23N5O2. The molecule has 132 valence electrons. The van der Waals surface area contributed by atoms with Crippen molar-refractivity contribution in [2.45, 2.75) is 46.6 Å². The lowest BCUT2D eigenvalue weighted by Crippen LogP contribution is -2.33. The second-order valence-corrected chi connectivity index (χ2v) is 6.47. The van der Waals surface area contributed by atoms with Gasteiger partial charge < -0.3 is 5.32 Å². The molecule has 1 saturated heterocycles. The second kappa shape index (κ2) is 6.66. The van der Waals surface area contributed by atoms with Gasteiger partial charge in [0.15, 0.2) is 0 Å². The largest absolute Gasteiger partial charge is 0.325 e. The van der Waals surface area contributed by atoms with E-state index < -0.39 is 6.04 Å². The van der Waals surface area contributed by atoms with Crippen LogP contribution in [0.3, 0.4) is 0 Å². The molecule has 1 N–H and O–H groups in total. The van der Waals surface area contributed by atoms with Crippen molar-refractivity contribution in [3.05, 3.63) is 41.0 Å². The molecule has 7 heteroatoms. The van der Waals surface area contributed by atoms with Gasteiger partial charge in [0.1, 0.15) is 17.7 Å². The zero-order chi connectivity index (χ0) is 18.1. The molecule has 3 rings (SSSR count). The summed E-state index contributed by atoms with van der Waals surface area (Å²) in [5.74, 6) is 1.11. The van der Waals surface area contributed by atoms with E-state index in [2.05, 4.69) is 21.5 Å². The fraction of sp³-hybridized carbons (Fsp3) is 0.444. The first-order chi connectivity index (χ1) is 11.9. The summed E-state index contributed by atoms with van der Waals surface area (Å²) in [4.78, 5) is 30.2. The number of nitrogens with one attached hydrogen (secondary N) is 1. The fourth-order valence-corrected chi connectivity index (χ4v) is 3.16. The van der Waals surface area contributed by atoms with E-state index >= 15 is 0 Å². The van der Waals surface area contributed by atoms with Crippen LogP contribution in [0.15, 0.2) is 18.2 Å². The minimum Gasteiger partial charge on any atom is -0.325 e. The van der Waals surface area contributed by atoms with E-state index in [-0.39, 0.29) is 11.9 Å². The average molecular weight is 341 g/mol. The van der Waals surface area contributed by atoms with Gasteiger partial charge in [-0.1, -0.05) is 24.6 Å². The Morgan fingerprint density at radius 1 is 1.20 bits per heavy atom. The molecule has 0 spiro atoms. The van der Waals surface area contributed by atoms with Gasteiger partial charge in [-0.15, -0.1) is 0 Å². The Labute approximate surface area is 147 Å². The number of aryl methyl sites for hydroxylation is 3. The van der Waals surface area contributed by atoms with E-state index in [1.54, 1.807) is 4.68 Å². The van der Waals surface area contributed by atoms with Gasteiger partial charge in [-0.3, -0.25) is 9.69 Å². The molecule has 0 aliphatic carbocycles. The van der Waals surface area contributed by atoms with Crippen LogP contribution in [-0.4, -0.2) is 44.2 Å². The van der Waals surface area contributed by atoms with Crippen molar-refractivity contribution in [2.24, 2.45) is 0 Å². The Morgan fingerprint density at radius 3 is 2.64 bits per heavy atom. The normalized spacial score (nSPS) is 17.3. The summed E-state index contributed by atoms with van der Waals surface area (Å²) in [7, 11) is 0. The van der Waals surface area contributed by atoms with E-state index in [9.17, 15) is 9.59 Å². The van der Waals surface area contributed by atoms with Crippen molar-refractivity contribution >= 4 is 11.9 Å². The predicted molar refractivity (Wildman–Crippen MR) is 93.6 cm³/mol. The number of hydrogen-bond donors (Lipinski definition) is 1. The molecule has 1 atom stereocenters. The van der Waals surface area contributed by atoms with Crippen LogP contribution in [0.4, 0.5) is 4.79 Å². The molecule has 1 aliphatic heterocycles. The molecule has 2 heterocycles. The second-order valence-electron chi connectivity index (χ2n) is 6.47. The first kappa shape index (κ1) is 17.1. The van der Waals surface area contributed by atoms with Crippen molar-refractivity contribution < 1.29 is 9.59 Å².